The van der Waals surface area contributed by atoms with Gasteiger partial charge in [0.1, 0.15) is 0 Å². The van der Waals surface area contributed by atoms with E-state index in [2.05, 4.69) is 26.0 Å². The summed E-state index contributed by atoms with van der Waals surface area (Å²) in [5, 5.41) is 11.8. The van der Waals surface area contributed by atoms with Crippen molar-refractivity contribution in [1.82, 2.24) is 0 Å². The second-order valence-electron chi connectivity index (χ2n) is 4.26. The van der Waals surface area contributed by atoms with Gasteiger partial charge in [0.05, 0.1) is 16.5 Å². The fourth-order valence-corrected chi connectivity index (χ4v) is 3.65. The van der Waals surface area contributed by atoms with Gasteiger partial charge in [-0.25, -0.2) is 14.4 Å². The summed E-state index contributed by atoms with van der Waals surface area (Å²) >= 11 is 4.28. The molecule has 7 nitrogen and oxygen atoms in total. The number of aromatic carboxylic acids is 1. The molecule has 0 atom stereocenters. The Kier molecular flexibility index (Phi) is 5.75. The molecule has 2 N–H and O–H groups in total. The predicted octanol–water partition coefficient (Wildman–Crippen LogP) is 3.78. The van der Waals surface area contributed by atoms with Crippen LogP contribution in [0.4, 0.5) is 10.5 Å². The highest BCUT2D eigenvalue weighted by Gasteiger charge is 2.23. The molecule has 1 heterocycles. The summed E-state index contributed by atoms with van der Waals surface area (Å²) in [6, 6.07) is 6.69. The third-order valence-electron chi connectivity index (χ3n) is 2.81. The van der Waals surface area contributed by atoms with Crippen molar-refractivity contribution in [3.05, 3.63) is 39.9 Å². The van der Waals surface area contributed by atoms with Crippen LogP contribution in [0.15, 0.2) is 35.0 Å². The molecule has 0 saturated carbocycles. The van der Waals surface area contributed by atoms with Gasteiger partial charge in [0.2, 0.25) is 0 Å². The molecule has 1 aromatic heterocycles. The summed E-state index contributed by atoms with van der Waals surface area (Å²) in [4.78, 5) is 33.3. The molecule has 2 aromatic rings. The Labute approximate surface area is 148 Å². The quantitative estimate of drug-likeness (QED) is 0.573. The Hall–Kier alpha value is -2.61. The minimum atomic E-state index is -1.18. The summed E-state index contributed by atoms with van der Waals surface area (Å²) in [5.41, 5.74) is 1.23. The summed E-state index contributed by atoms with van der Waals surface area (Å²) in [7, 11) is 1.26. The average Bonchev–Trinajstić information content (AvgIpc) is 2.90. The van der Waals surface area contributed by atoms with E-state index in [-0.39, 0.29) is 10.6 Å². The Morgan fingerprint density at radius 1 is 1.33 bits per heavy atom. The molecular weight excluding hydrogens is 402 g/mol. The third-order valence-corrected chi connectivity index (χ3v) is 5.03. The standard InChI is InChI=1S/C15H10BrNO6S/c1-22-15(21)17-9-4-2-8(3-5-9)12-10(16)11(23-7-6-18)13(24-12)14(19)20/h2-5,7H,1H3,(H,17,21)(H,19,20). The van der Waals surface area contributed by atoms with Crippen LogP contribution in [0.3, 0.4) is 0 Å². The molecule has 0 saturated heterocycles. The maximum absolute atomic E-state index is 11.3. The number of methoxy groups -OCH3 is 1. The summed E-state index contributed by atoms with van der Waals surface area (Å²) in [5.74, 6) is 0.286. The first-order valence-corrected chi connectivity index (χ1v) is 7.95. The van der Waals surface area contributed by atoms with E-state index in [1.807, 2.05) is 0 Å². The molecule has 0 spiro atoms. The van der Waals surface area contributed by atoms with E-state index in [0.29, 0.717) is 20.6 Å². The van der Waals surface area contributed by atoms with Crippen molar-refractivity contribution in [3.63, 3.8) is 0 Å². The van der Waals surface area contributed by atoms with Crippen molar-refractivity contribution < 1.29 is 29.0 Å². The first-order valence-electron chi connectivity index (χ1n) is 6.35. The highest BCUT2D eigenvalue weighted by atomic mass is 79.9. The van der Waals surface area contributed by atoms with Gasteiger partial charge in [-0.05, 0) is 33.6 Å². The summed E-state index contributed by atoms with van der Waals surface area (Å²) in [6.45, 7) is 0. The molecule has 1 amide bonds. The van der Waals surface area contributed by atoms with Gasteiger partial charge in [-0.3, -0.25) is 5.32 Å². The first-order chi connectivity index (χ1) is 11.5. The second-order valence-corrected chi connectivity index (χ2v) is 6.07. The van der Waals surface area contributed by atoms with E-state index in [0.717, 1.165) is 17.6 Å². The number of carboxylic acids is 1. The van der Waals surface area contributed by atoms with Gasteiger partial charge in [0, 0.05) is 5.69 Å². The minimum Gasteiger partial charge on any atom is -0.477 e. The molecule has 9 heteroatoms. The van der Waals surface area contributed by atoms with Crippen LogP contribution in [0.5, 0.6) is 5.75 Å². The Morgan fingerprint density at radius 3 is 2.54 bits per heavy atom. The molecule has 0 aliphatic heterocycles. The predicted molar refractivity (Wildman–Crippen MR) is 91.3 cm³/mol. The van der Waals surface area contributed by atoms with Gasteiger partial charge in [-0.1, -0.05) is 12.1 Å². The largest absolute Gasteiger partial charge is 0.477 e. The average molecular weight is 412 g/mol. The number of amides is 1. The zero-order chi connectivity index (χ0) is 17.7. The van der Waals surface area contributed by atoms with Crippen molar-refractivity contribution in [2.24, 2.45) is 0 Å². The summed E-state index contributed by atoms with van der Waals surface area (Å²) in [6.07, 6.45) is 0.149. The van der Waals surface area contributed by atoms with E-state index in [4.69, 9.17) is 4.74 Å². The van der Waals surface area contributed by atoms with Crippen LogP contribution < -0.4 is 10.1 Å². The van der Waals surface area contributed by atoms with Crippen LogP contribution in [-0.4, -0.2) is 30.2 Å². The molecule has 0 unspecified atom stereocenters. The Balaban J connectivity index is 2.39. The fourth-order valence-electron chi connectivity index (χ4n) is 1.78. The molecule has 2 rings (SSSR count). The molecule has 0 aliphatic carbocycles. The fraction of sp³-hybridized carbons (Fsp3) is 0.0667. The third kappa shape index (κ3) is 3.83. The van der Waals surface area contributed by atoms with Crippen molar-refractivity contribution in [1.29, 1.82) is 0 Å². The van der Waals surface area contributed by atoms with Crippen LogP contribution in [0.2, 0.25) is 0 Å². The van der Waals surface area contributed by atoms with Gasteiger partial charge in [-0.2, -0.15) is 0 Å². The van der Waals surface area contributed by atoms with Crippen LogP contribution in [0.25, 0.3) is 10.4 Å². The van der Waals surface area contributed by atoms with Gasteiger partial charge in [-0.15, -0.1) is 11.3 Å². The lowest BCUT2D eigenvalue weighted by atomic mass is 10.1. The number of hydrogen-bond donors (Lipinski definition) is 2. The number of thiophene rings is 1. The normalized spacial score (nSPS) is 9.75. The molecule has 0 aliphatic rings. The first kappa shape index (κ1) is 17.7. The Morgan fingerprint density at radius 2 is 2.00 bits per heavy atom. The highest BCUT2D eigenvalue weighted by Crippen LogP contribution is 2.45. The van der Waals surface area contributed by atoms with E-state index in [9.17, 15) is 19.5 Å². The zero-order valence-corrected chi connectivity index (χ0v) is 14.6. The van der Waals surface area contributed by atoms with E-state index < -0.39 is 12.1 Å². The van der Waals surface area contributed by atoms with Crippen molar-refractivity contribution >= 4 is 51.0 Å². The SMILES string of the molecule is COC(=O)Nc1ccc(-c2sc(C(=O)O)c(OC=C=O)c2Br)cc1. The summed E-state index contributed by atoms with van der Waals surface area (Å²) < 4.78 is 9.94. The molecule has 0 fully saturated rings. The number of benzene rings is 1. The van der Waals surface area contributed by atoms with E-state index >= 15 is 0 Å². The lowest BCUT2D eigenvalue weighted by Crippen LogP contribution is -2.10. The van der Waals surface area contributed by atoms with Crippen LogP contribution >= 0.6 is 27.3 Å². The lowest BCUT2D eigenvalue weighted by molar-refractivity contribution is 0.0699. The topological polar surface area (TPSA) is 102 Å². The number of carboxylic acid groups (broad SMARTS) is 1. The van der Waals surface area contributed by atoms with Gasteiger partial charge in [0.25, 0.3) is 0 Å². The number of ether oxygens (including phenoxy) is 2. The van der Waals surface area contributed by atoms with Gasteiger partial charge in [0.15, 0.2) is 22.8 Å². The number of carbonyl (C=O) groups excluding carboxylic acids is 2. The molecule has 24 heavy (non-hydrogen) atoms. The number of rotatable bonds is 5. The number of nitrogens with one attached hydrogen (secondary N) is 1. The highest BCUT2D eigenvalue weighted by molar-refractivity contribution is 9.10. The molecule has 0 bridgehead atoms. The van der Waals surface area contributed by atoms with Crippen LogP contribution in [-0.2, 0) is 9.53 Å². The smallest absolute Gasteiger partial charge is 0.411 e. The second kappa shape index (κ2) is 7.78. The maximum Gasteiger partial charge on any atom is 0.411 e. The maximum atomic E-state index is 11.3. The number of hydrogen-bond acceptors (Lipinski definition) is 6. The number of halogens is 1. The van der Waals surface area contributed by atoms with Crippen LogP contribution in [0.1, 0.15) is 9.67 Å². The van der Waals surface area contributed by atoms with Gasteiger partial charge < -0.3 is 14.6 Å². The lowest BCUT2D eigenvalue weighted by Gasteiger charge is -2.05. The van der Waals surface area contributed by atoms with Crippen LogP contribution in [0, 0.1) is 0 Å². The van der Waals surface area contributed by atoms with Crippen molar-refractivity contribution in [2.45, 2.75) is 0 Å². The van der Waals surface area contributed by atoms with Gasteiger partial charge >= 0.3 is 12.1 Å². The van der Waals surface area contributed by atoms with E-state index in [1.165, 1.54) is 13.1 Å². The minimum absolute atomic E-state index is 0.0302. The molecule has 124 valence electrons. The number of carbonyl (C=O) groups is 2. The monoisotopic (exact) mass is 411 g/mol. The molecular formula is C15H10BrNO6S. The Bertz CT molecular complexity index is 823. The van der Waals surface area contributed by atoms with E-state index in [1.54, 1.807) is 24.3 Å². The van der Waals surface area contributed by atoms with Crippen molar-refractivity contribution in [3.8, 4) is 16.2 Å². The number of anilines is 1. The molecule has 1 aromatic carbocycles. The van der Waals surface area contributed by atoms with Crippen molar-refractivity contribution in [2.75, 3.05) is 12.4 Å². The molecule has 0 radical (unpaired) electrons. The zero-order valence-electron chi connectivity index (χ0n) is 12.2.